The van der Waals surface area contributed by atoms with Crippen molar-refractivity contribution in [3.63, 3.8) is 0 Å². The van der Waals surface area contributed by atoms with Gasteiger partial charge in [0, 0.05) is 11.5 Å². The molecule has 2 fully saturated rings. The summed E-state index contributed by atoms with van der Waals surface area (Å²) < 4.78 is 0. The van der Waals surface area contributed by atoms with Crippen LogP contribution in [0.5, 0.6) is 5.75 Å². The highest BCUT2D eigenvalue weighted by molar-refractivity contribution is 6.24. The highest BCUT2D eigenvalue weighted by atomic mass is 16.3. The molecule has 4 aliphatic carbocycles. The topological polar surface area (TPSA) is 161 Å². The smallest absolute Gasteiger partial charge is 0.255 e. The average Bonchev–Trinajstić information content (AvgIpc) is 2.97. The van der Waals surface area contributed by atoms with Crippen LogP contribution >= 0.6 is 0 Å². The normalized spacial score (nSPS) is 30.2. The van der Waals surface area contributed by atoms with Crippen molar-refractivity contribution < 1.29 is 34.8 Å². The summed E-state index contributed by atoms with van der Waals surface area (Å²) in [5.41, 5.74) is 5.14. The minimum Gasteiger partial charge on any atom is -0.508 e. The molecule has 0 bridgehead atoms. The molecule has 0 aliphatic heterocycles. The van der Waals surface area contributed by atoms with Gasteiger partial charge < -0.3 is 26.2 Å². The molecule has 6 N–H and O–H groups in total. The number of aromatic hydroxyl groups is 1. The van der Waals surface area contributed by atoms with Gasteiger partial charge in [-0.2, -0.15) is 0 Å². The van der Waals surface area contributed by atoms with Gasteiger partial charge in [-0.25, -0.2) is 0 Å². The molecule has 44 heavy (non-hydrogen) atoms. The number of nitrogens with two attached hydrogens (primary N) is 1. The Morgan fingerprint density at radius 1 is 0.955 bits per heavy atom. The van der Waals surface area contributed by atoms with Crippen LogP contribution in [-0.4, -0.2) is 68.5 Å². The van der Waals surface area contributed by atoms with Gasteiger partial charge in [-0.1, -0.05) is 36.4 Å². The largest absolute Gasteiger partial charge is 0.508 e. The first-order valence-corrected chi connectivity index (χ1v) is 15.5. The minimum atomic E-state index is -2.63. The molecule has 0 unspecified atom stereocenters. The third-order valence-electron chi connectivity index (χ3n) is 10.5. The standard InChI is InChI=1S/C35H40N2O7/c1-37(2)29-24-17-22-16-23-21(15-20-10-8-19(9-11-20)14-18-6-4-3-5-7-18)12-13-25(38)27(23)30(39)26(22)32(41)35(24,44)33(42)28(31(29)40)34(36)43/h3-7,12-13,19-20,22,24,29,38-39,42,44H,8-11,14-17H2,1-2H3,(H2,36,43)/t19?,20?,22-,24-,29-,35-/m1/s1. The predicted molar refractivity (Wildman–Crippen MR) is 164 cm³/mol. The van der Waals surface area contributed by atoms with Crippen molar-refractivity contribution in [1.29, 1.82) is 0 Å². The molecular formula is C35H40N2O7. The molecule has 9 nitrogen and oxygen atoms in total. The van der Waals surface area contributed by atoms with Crippen molar-refractivity contribution >= 4 is 23.2 Å². The van der Waals surface area contributed by atoms with E-state index in [-0.39, 0.29) is 23.3 Å². The number of Topliss-reactive ketones (excluding diaryl/α,β-unsaturated/α-hetero) is 2. The van der Waals surface area contributed by atoms with E-state index < -0.39 is 58.0 Å². The lowest BCUT2D eigenvalue weighted by Gasteiger charge is -2.50. The van der Waals surface area contributed by atoms with Crippen LogP contribution in [-0.2, 0) is 33.6 Å². The number of aliphatic hydroxyl groups is 3. The lowest BCUT2D eigenvalue weighted by Crippen LogP contribution is -2.65. The number of carbonyl (C=O) groups excluding carboxylic acids is 3. The molecule has 4 atom stereocenters. The quantitative estimate of drug-likeness (QED) is 0.315. The first kappa shape index (κ1) is 30.1. The molecular weight excluding hydrogens is 560 g/mol. The Bertz CT molecular complexity index is 1590. The zero-order chi connectivity index (χ0) is 31.5. The van der Waals surface area contributed by atoms with Crippen LogP contribution in [0, 0.1) is 23.7 Å². The van der Waals surface area contributed by atoms with E-state index >= 15 is 0 Å². The number of phenolic OH excluding ortho intramolecular Hbond substituents is 1. The van der Waals surface area contributed by atoms with E-state index in [1.54, 1.807) is 14.1 Å². The Kier molecular flexibility index (Phi) is 7.66. The van der Waals surface area contributed by atoms with Gasteiger partial charge in [0.25, 0.3) is 5.91 Å². The first-order valence-electron chi connectivity index (χ1n) is 15.5. The Balaban J connectivity index is 1.31. The number of likely N-dealkylation sites (N-methyl/N-ethyl adjacent to an activating group) is 1. The number of primary amides is 1. The molecule has 2 aromatic rings. The molecule has 1 amide bonds. The van der Waals surface area contributed by atoms with Crippen LogP contribution in [0.3, 0.4) is 0 Å². The third kappa shape index (κ3) is 4.73. The van der Waals surface area contributed by atoms with Crippen molar-refractivity contribution in [3.05, 3.63) is 81.6 Å². The monoisotopic (exact) mass is 600 g/mol. The summed E-state index contributed by atoms with van der Waals surface area (Å²) in [5, 5.41) is 45.2. The van der Waals surface area contributed by atoms with Crippen LogP contribution in [0.15, 0.2) is 59.4 Å². The Labute approximate surface area is 256 Å². The number of amides is 1. The van der Waals surface area contributed by atoms with E-state index in [1.165, 1.54) is 16.5 Å². The predicted octanol–water partition coefficient (Wildman–Crippen LogP) is 3.56. The summed E-state index contributed by atoms with van der Waals surface area (Å²) in [7, 11) is 3.19. The molecule has 0 aromatic heterocycles. The third-order valence-corrected chi connectivity index (χ3v) is 10.5. The van der Waals surface area contributed by atoms with E-state index in [9.17, 15) is 34.8 Å². The van der Waals surface area contributed by atoms with Gasteiger partial charge in [0.1, 0.15) is 22.8 Å². The molecule has 4 aliphatic rings. The van der Waals surface area contributed by atoms with Crippen LogP contribution in [0.2, 0.25) is 0 Å². The fourth-order valence-corrected chi connectivity index (χ4v) is 8.40. The molecule has 2 saturated carbocycles. The fraction of sp³-hybridized carbons (Fsp3) is 0.457. The van der Waals surface area contributed by atoms with Gasteiger partial charge in [0.05, 0.1) is 11.6 Å². The number of aliphatic hydroxyl groups excluding tert-OH is 2. The summed E-state index contributed by atoms with van der Waals surface area (Å²) in [6.07, 6.45) is 6.70. The van der Waals surface area contributed by atoms with Crippen LogP contribution in [0.25, 0.3) is 5.76 Å². The molecule has 9 heteroatoms. The van der Waals surface area contributed by atoms with Gasteiger partial charge in [0.2, 0.25) is 5.78 Å². The summed E-state index contributed by atoms with van der Waals surface area (Å²) in [4.78, 5) is 41.0. The average molecular weight is 601 g/mol. The summed E-state index contributed by atoms with van der Waals surface area (Å²) in [6, 6.07) is 12.9. The summed E-state index contributed by atoms with van der Waals surface area (Å²) >= 11 is 0. The second-order valence-corrected chi connectivity index (χ2v) is 13.3. The second-order valence-electron chi connectivity index (χ2n) is 13.3. The number of benzene rings is 2. The zero-order valence-electron chi connectivity index (χ0n) is 25.1. The van der Waals surface area contributed by atoms with Crippen LogP contribution in [0.4, 0.5) is 0 Å². The van der Waals surface area contributed by atoms with Gasteiger partial charge in [-0.05, 0) is 106 Å². The maximum Gasteiger partial charge on any atom is 0.255 e. The SMILES string of the molecule is CN(C)[C@H]1C(=O)C(C(N)=O)=C(O)[C@]2(O)C(=O)C3=C(O)c4c(O)ccc(CC5CCC(Cc6ccccc6)CC5)c4C[C@@H]3C[C@H]12. The van der Waals surface area contributed by atoms with E-state index in [4.69, 9.17) is 5.73 Å². The number of nitrogens with zero attached hydrogens (tertiary/aromatic N) is 1. The molecule has 0 heterocycles. The van der Waals surface area contributed by atoms with Gasteiger partial charge in [-0.3, -0.25) is 19.3 Å². The molecule has 0 spiro atoms. The highest BCUT2D eigenvalue weighted by Gasteiger charge is 2.64. The van der Waals surface area contributed by atoms with Crippen molar-refractivity contribution in [3.8, 4) is 5.75 Å². The van der Waals surface area contributed by atoms with Crippen LogP contribution in [0.1, 0.15) is 54.4 Å². The maximum absolute atomic E-state index is 14.0. The number of hydrogen-bond donors (Lipinski definition) is 5. The zero-order valence-corrected chi connectivity index (χ0v) is 25.1. The number of rotatable bonds is 6. The Morgan fingerprint density at radius 2 is 1.59 bits per heavy atom. The minimum absolute atomic E-state index is 0.0887. The molecule has 232 valence electrons. The fourth-order valence-electron chi connectivity index (χ4n) is 8.40. The van der Waals surface area contributed by atoms with Crippen LogP contribution < -0.4 is 5.73 Å². The Morgan fingerprint density at radius 3 is 2.20 bits per heavy atom. The number of phenols is 1. The van der Waals surface area contributed by atoms with E-state index in [0.29, 0.717) is 18.3 Å². The highest BCUT2D eigenvalue weighted by Crippen LogP contribution is 2.53. The van der Waals surface area contributed by atoms with E-state index in [1.807, 2.05) is 12.1 Å². The summed E-state index contributed by atoms with van der Waals surface area (Å²) in [6.45, 7) is 0. The first-order chi connectivity index (χ1) is 20.9. The van der Waals surface area contributed by atoms with Gasteiger partial charge in [-0.15, -0.1) is 0 Å². The maximum atomic E-state index is 14.0. The summed E-state index contributed by atoms with van der Waals surface area (Å²) in [5.74, 6) is -5.23. The van der Waals surface area contributed by atoms with Gasteiger partial charge >= 0.3 is 0 Å². The van der Waals surface area contributed by atoms with Crippen molar-refractivity contribution in [2.45, 2.75) is 63.0 Å². The van der Waals surface area contributed by atoms with Crippen molar-refractivity contribution in [2.75, 3.05) is 14.1 Å². The molecule has 0 radical (unpaired) electrons. The second kappa shape index (κ2) is 11.2. The number of hydrogen-bond acceptors (Lipinski definition) is 8. The number of ketones is 2. The van der Waals surface area contributed by atoms with Crippen molar-refractivity contribution in [2.24, 2.45) is 29.4 Å². The Hall–Kier alpha value is -3.95. The number of carbonyl (C=O) groups is 3. The molecule has 6 rings (SSSR count). The van der Waals surface area contributed by atoms with E-state index in [0.717, 1.165) is 49.7 Å². The lowest BCUT2D eigenvalue weighted by molar-refractivity contribution is -0.153. The molecule has 2 aromatic carbocycles. The van der Waals surface area contributed by atoms with E-state index in [2.05, 4.69) is 24.3 Å². The molecule has 0 saturated heterocycles. The van der Waals surface area contributed by atoms with Crippen molar-refractivity contribution in [1.82, 2.24) is 4.90 Å². The van der Waals surface area contributed by atoms with Gasteiger partial charge in [0.15, 0.2) is 11.4 Å². The number of fused-ring (bicyclic) bond motifs is 3. The lowest BCUT2D eigenvalue weighted by atomic mass is 9.57.